The van der Waals surface area contributed by atoms with Crippen molar-refractivity contribution in [3.05, 3.63) is 70.6 Å². The number of anilines is 2. The first kappa shape index (κ1) is 21.3. The number of nitrogens with one attached hydrogen (secondary N) is 2. The van der Waals surface area contributed by atoms with E-state index in [9.17, 15) is 4.79 Å². The van der Waals surface area contributed by atoms with Crippen LogP contribution in [0, 0.1) is 6.92 Å². The van der Waals surface area contributed by atoms with E-state index in [4.69, 9.17) is 0 Å². The topological polar surface area (TPSA) is 84.2 Å². The molecule has 0 aliphatic heterocycles. The Hall–Kier alpha value is -2.91. The third-order valence-electron chi connectivity index (χ3n) is 4.53. The molecule has 0 saturated carbocycles. The molecular formula is C22H21BrN6OS. The van der Waals surface area contributed by atoms with Gasteiger partial charge in [-0.05, 0) is 67.4 Å². The van der Waals surface area contributed by atoms with Gasteiger partial charge in [-0.25, -0.2) is 9.78 Å². The van der Waals surface area contributed by atoms with Crippen molar-refractivity contribution in [2.45, 2.75) is 36.6 Å². The van der Waals surface area contributed by atoms with E-state index in [0.29, 0.717) is 11.5 Å². The average molecular weight is 497 g/mol. The van der Waals surface area contributed by atoms with Crippen LogP contribution >= 0.6 is 27.7 Å². The third kappa shape index (κ3) is 5.23. The van der Waals surface area contributed by atoms with Crippen molar-refractivity contribution in [1.82, 2.24) is 19.6 Å². The summed E-state index contributed by atoms with van der Waals surface area (Å²) in [6.45, 7) is 4.10. The van der Waals surface area contributed by atoms with Crippen molar-refractivity contribution < 1.29 is 4.79 Å². The zero-order chi connectivity index (χ0) is 21.8. The van der Waals surface area contributed by atoms with Crippen molar-refractivity contribution in [2.75, 3.05) is 10.6 Å². The molecule has 2 aromatic heterocycles. The van der Waals surface area contributed by atoms with Crippen LogP contribution in [-0.4, -0.2) is 25.6 Å². The van der Waals surface area contributed by atoms with Gasteiger partial charge in [-0.1, -0.05) is 41.0 Å². The average Bonchev–Trinajstić information content (AvgIpc) is 3.21. The third-order valence-corrected chi connectivity index (χ3v) is 6.43. The summed E-state index contributed by atoms with van der Waals surface area (Å²) in [7, 11) is 0. The van der Waals surface area contributed by atoms with Crippen LogP contribution < -0.4 is 10.6 Å². The number of carbonyl (C=O) groups excluding carboxylic acids is 1. The second-order valence-electron chi connectivity index (χ2n) is 6.98. The maximum atomic E-state index is 12.3. The number of hydrogen-bond acceptors (Lipinski definition) is 5. The Kier molecular flexibility index (Phi) is 6.53. The van der Waals surface area contributed by atoms with Gasteiger partial charge in [-0.2, -0.15) is 14.6 Å². The largest absolute Gasteiger partial charge is 0.323 e. The highest BCUT2D eigenvalue weighted by molar-refractivity contribution is 9.10. The van der Waals surface area contributed by atoms with E-state index in [1.54, 1.807) is 16.3 Å². The number of aryl methyl sites for hydroxylation is 2. The van der Waals surface area contributed by atoms with Gasteiger partial charge in [0.2, 0.25) is 0 Å². The molecule has 2 aromatic carbocycles. The number of aromatic nitrogens is 4. The predicted molar refractivity (Wildman–Crippen MR) is 127 cm³/mol. The number of halogens is 1. The summed E-state index contributed by atoms with van der Waals surface area (Å²) in [5, 5.41) is 10.9. The molecule has 2 N–H and O–H groups in total. The Balaban J connectivity index is 1.44. The summed E-state index contributed by atoms with van der Waals surface area (Å²) >= 11 is 5.04. The van der Waals surface area contributed by atoms with Crippen LogP contribution in [0.5, 0.6) is 0 Å². The molecule has 4 rings (SSSR count). The van der Waals surface area contributed by atoms with E-state index >= 15 is 0 Å². The Morgan fingerprint density at radius 3 is 2.58 bits per heavy atom. The monoisotopic (exact) mass is 496 g/mol. The van der Waals surface area contributed by atoms with Crippen LogP contribution in [0.2, 0.25) is 0 Å². The molecular weight excluding hydrogens is 476 g/mol. The molecule has 7 nitrogen and oxygen atoms in total. The molecule has 0 radical (unpaired) electrons. The molecule has 0 aliphatic rings. The summed E-state index contributed by atoms with van der Waals surface area (Å²) in [5.74, 6) is 0.603. The van der Waals surface area contributed by atoms with Crippen LogP contribution in [0.4, 0.5) is 16.2 Å². The lowest BCUT2D eigenvalue weighted by Crippen LogP contribution is -2.19. The maximum absolute atomic E-state index is 12.3. The van der Waals surface area contributed by atoms with Crippen molar-refractivity contribution >= 4 is 50.9 Å². The molecule has 0 spiro atoms. The number of rotatable bonds is 6. The molecule has 0 unspecified atom stereocenters. The molecule has 0 bridgehead atoms. The van der Waals surface area contributed by atoms with Gasteiger partial charge in [-0.3, -0.25) is 0 Å². The molecule has 0 fully saturated rings. The minimum Gasteiger partial charge on any atom is -0.308 e. The lowest BCUT2D eigenvalue weighted by molar-refractivity contribution is 0.262. The van der Waals surface area contributed by atoms with E-state index < -0.39 is 0 Å². The minimum atomic E-state index is -0.287. The second-order valence-corrected chi connectivity index (χ2v) is 8.93. The number of nitrogens with zero attached hydrogens (tertiary/aromatic N) is 4. The van der Waals surface area contributed by atoms with Gasteiger partial charge in [0, 0.05) is 26.4 Å². The Bertz CT molecular complexity index is 1220. The smallest absolute Gasteiger partial charge is 0.308 e. The van der Waals surface area contributed by atoms with E-state index in [0.717, 1.165) is 44.2 Å². The van der Waals surface area contributed by atoms with Crippen LogP contribution in [-0.2, 0) is 6.42 Å². The first-order chi connectivity index (χ1) is 15.0. The Morgan fingerprint density at radius 1 is 1.10 bits per heavy atom. The number of urea groups is 1. The molecule has 158 valence electrons. The number of hydrogen-bond donors (Lipinski definition) is 2. The highest BCUT2D eigenvalue weighted by Gasteiger charge is 2.10. The van der Waals surface area contributed by atoms with Gasteiger partial charge in [0.1, 0.15) is 11.4 Å². The summed E-state index contributed by atoms with van der Waals surface area (Å²) in [5.41, 5.74) is 3.51. The highest BCUT2D eigenvalue weighted by atomic mass is 79.9. The first-order valence-corrected chi connectivity index (χ1v) is 11.4. The molecule has 2 amide bonds. The molecule has 4 aromatic rings. The van der Waals surface area contributed by atoms with Crippen molar-refractivity contribution in [3.8, 4) is 0 Å². The fourth-order valence-corrected chi connectivity index (χ4v) is 4.20. The molecule has 31 heavy (non-hydrogen) atoms. The van der Waals surface area contributed by atoms with Gasteiger partial charge >= 0.3 is 6.03 Å². The Labute approximate surface area is 192 Å². The molecule has 0 saturated heterocycles. The van der Waals surface area contributed by atoms with Gasteiger partial charge in [0.25, 0.3) is 5.78 Å². The highest BCUT2D eigenvalue weighted by Crippen LogP contribution is 2.29. The second kappa shape index (κ2) is 9.49. The van der Waals surface area contributed by atoms with E-state index in [-0.39, 0.29) is 6.03 Å². The zero-order valence-corrected chi connectivity index (χ0v) is 19.5. The Morgan fingerprint density at radius 2 is 1.84 bits per heavy atom. The summed E-state index contributed by atoms with van der Waals surface area (Å²) in [4.78, 5) is 22.1. The standard InChI is InChI=1S/C22H21BrN6OS/c1-3-4-16-12-20(29-21(26-16)24-13-25-29)31-18-8-5-15(6-9-18)27-22(30)28-17-7-10-19(23)14(2)11-17/h5-13H,3-4H2,1-2H3,(H2,27,28,30). The van der Waals surface area contributed by atoms with Crippen molar-refractivity contribution in [2.24, 2.45) is 0 Å². The summed E-state index contributed by atoms with van der Waals surface area (Å²) in [6.07, 6.45) is 3.43. The molecule has 9 heteroatoms. The normalized spacial score (nSPS) is 10.9. The molecule has 0 atom stereocenters. The van der Waals surface area contributed by atoms with Crippen LogP contribution in [0.15, 0.2) is 69.3 Å². The fraction of sp³-hybridized carbons (Fsp3) is 0.182. The quantitative estimate of drug-likeness (QED) is 0.322. The molecule has 0 aliphatic carbocycles. The van der Waals surface area contributed by atoms with Gasteiger partial charge in [-0.15, -0.1) is 0 Å². The van der Waals surface area contributed by atoms with Crippen molar-refractivity contribution in [3.63, 3.8) is 0 Å². The number of carbonyl (C=O) groups is 1. The first-order valence-electron chi connectivity index (χ1n) is 9.83. The lowest BCUT2D eigenvalue weighted by atomic mass is 10.2. The molecule has 2 heterocycles. The van der Waals surface area contributed by atoms with Crippen LogP contribution in [0.25, 0.3) is 5.78 Å². The lowest BCUT2D eigenvalue weighted by Gasteiger charge is -2.10. The van der Waals surface area contributed by atoms with Gasteiger partial charge in [0.15, 0.2) is 0 Å². The fourth-order valence-electron chi connectivity index (χ4n) is 3.03. The van der Waals surface area contributed by atoms with Gasteiger partial charge < -0.3 is 10.6 Å². The number of fused-ring (bicyclic) bond motifs is 1. The van der Waals surface area contributed by atoms with Gasteiger partial charge in [0.05, 0.1) is 0 Å². The van der Waals surface area contributed by atoms with Crippen LogP contribution in [0.3, 0.4) is 0 Å². The van der Waals surface area contributed by atoms with Crippen molar-refractivity contribution in [1.29, 1.82) is 0 Å². The number of benzene rings is 2. The minimum absolute atomic E-state index is 0.287. The van der Waals surface area contributed by atoms with E-state index in [1.165, 1.54) is 6.33 Å². The van der Waals surface area contributed by atoms with E-state index in [1.807, 2.05) is 49.4 Å². The summed E-state index contributed by atoms with van der Waals surface area (Å²) in [6, 6.07) is 15.1. The van der Waals surface area contributed by atoms with Crippen LogP contribution in [0.1, 0.15) is 24.6 Å². The summed E-state index contributed by atoms with van der Waals surface area (Å²) < 4.78 is 2.75. The van der Waals surface area contributed by atoms with E-state index in [2.05, 4.69) is 54.6 Å². The number of amides is 2. The maximum Gasteiger partial charge on any atom is 0.323 e. The SMILES string of the molecule is CCCc1cc(Sc2ccc(NC(=O)Nc3ccc(Br)c(C)c3)cc2)n2ncnc2n1. The zero-order valence-electron chi connectivity index (χ0n) is 17.1. The predicted octanol–water partition coefficient (Wildman–Crippen LogP) is 5.94.